The van der Waals surface area contributed by atoms with Crippen LogP contribution in [0.1, 0.15) is 24.9 Å². The van der Waals surface area contributed by atoms with Crippen LogP contribution in [0.3, 0.4) is 0 Å². The van der Waals surface area contributed by atoms with Crippen LogP contribution in [-0.4, -0.2) is 13.9 Å². The third kappa shape index (κ3) is 0.847. The van der Waals surface area contributed by atoms with Crippen molar-refractivity contribution in [3.63, 3.8) is 0 Å². The van der Waals surface area contributed by atoms with E-state index in [2.05, 4.69) is 12.2 Å². The van der Waals surface area contributed by atoms with Gasteiger partial charge in [-0.25, -0.2) is 23.5 Å². The molecule has 3 heterocycles. The Bertz CT molecular complexity index is 1090. The third-order valence-electron chi connectivity index (χ3n) is 8.88. The summed E-state index contributed by atoms with van der Waals surface area (Å²) in [7, 11) is 0. The Morgan fingerprint density at radius 2 is 1.36 bits per heavy atom. The van der Waals surface area contributed by atoms with Crippen LogP contribution in [0.4, 0.5) is 0 Å². The fourth-order valence-corrected chi connectivity index (χ4v) is 8.62. The molecule has 2 bridgehead atoms. The van der Waals surface area contributed by atoms with Gasteiger partial charge in [-0.15, -0.1) is 0 Å². The lowest BCUT2D eigenvalue weighted by atomic mass is 9.67. The lowest BCUT2D eigenvalue weighted by Gasteiger charge is -2.49. The van der Waals surface area contributed by atoms with E-state index in [0.717, 1.165) is 24.7 Å². The van der Waals surface area contributed by atoms with Crippen LogP contribution < -0.4 is 11.4 Å². The van der Waals surface area contributed by atoms with Gasteiger partial charge in [-0.1, -0.05) is 30.4 Å². The molecule has 4 fully saturated rings. The van der Waals surface area contributed by atoms with Crippen LogP contribution in [-0.2, 0) is 0 Å². The molecule has 0 N–H and O–H groups in total. The number of benzene rings is 1. The second-order valence-electron chi connectivity index (χ2n) is 8.99. The molecule has 5 heteroatoms. The molecule has 0 radical (unpaired) electrons. The Morgan fingerprint density at radius 1 is 0.800 bits per heavy atom. The maximum atomic E-state index is 13.3. The minimum Gasteiger partial charge on any atom is -0.245 e. The summed E-state index contributed by atoms with van der Waals surface area (Å²) in [6.45, 7) is 0. The fraction of sp³-hybridized carbons (Fsp3) is 0.500. The minimum absolute atomic E-state index is 0.125. The molecule has 7 aliphatic rings. The van der Waals surface area contributed by atoms with E-state index in [9.17, 15) is 9.59 Å². The summed E-state index contributed by atoms with van der Waals surface area (Å²) in [6, 6.07) is 9.91. The van der Waals surface area contributed by atoms with Crippen LogP contribution in [0.5, 0.6) is 0 Å². The first-order valence-corrected chi connectivity index (χ1v) is 9.42. The lowest BCUT2D eigenvalue weighted by molar-refractivity contribution is -0.00147. The Morgan fingerprint density at radius 3 is 1.92 bits per heavy atom. The van der Waals surface area contributed by atoms with E-state index in [4.69, 9.17) is 0 Å². The number of hydrogen-bond donors (Lipinski definition) is 0. The van der Waals surface area contributed by atoms with Crippen molar-refractivity contribution in [3.8, 4) is 5.69 Å². The highest BCUT2D eigenvalue weighted by Gasteiger charge is 3.02. The second kappa shape index (κ2) is 3.11. The zero-order valence-corrected chi connectivity index (χ0v) is 13.6. The number of nitrogens with zero attached hydrogens (tertiary/aromatic N) is 3. The van der Waals surface area contributed by atoms with Crippen molar-refractivity contribution in [2.45, 2.75) is 24.9 Å². The molecule has 0 amide bonds. The topological polar surface area (TPSA) is 48.9 Å². The largest absolute Gasteiger partial charge is 0.352 e. The number of allylic oxidation sites excluding steroid dienone is 2. The monoisotopic (exact) mass is 331 g/mol. The van der Waals surface area contributed by atoms with Crippen molar-refractivity contribution >= 4 is 0 Å². The van der Waals surface area contributed by atoms with Crippen molar-refractivity contribution in [1.29, 1.82) is 0 Å². The number of rotatable bonds is 1. The van der Waals surface area contributed by atoms with Gasteiger partial charge in [-0.3, -0.25) is 0 Å². The van der Waals surface area contributed by atoms with Gasteiger partial charge in [0.1, 0.15) is 0 Å². The quantitative estimate of drug-likeness (QED) is 0.748. The van der Waals surface area contributed by atoms with Gasteiger partial charge in [-0.05, 0) is 48.6 Å². The number of hydrogen-bond acceptors (Lipinski definition) is 2. The Balaban J connectivity index is 1.48. The van der Waals surface area contributed by atoms with E-state index in [0.29, 0.717) is 17.5 Å². The van der Waals surface area contributed by atoms with Gasteiger partial charge in [0.2, 0.25) is 0 Å². The van der Waals surface area contributed by atoms with Crippen LogP contribution in [0.2, 0.25) is 0 Å². The van der Waals surface area contributed by atoms with E-state index < -0.39 is 0 Å². The summed E-state index contributed by atoms with van der Waals surface area (Å²) in [5.41, 5.74) is 1.02. The molecule has 6 atom stereocenters. The fourth-order valence-electron chi connectivity index (χ4n) is 8.62. The Kier molecular flexibility index (Phi) is 1.51. The van der Waals surface area contributed by atoms with Crippen LogP contribution >= 0.6 is 0 Å². The zero-order valence-electron chi connectivity index (χ0n) is 13.6. The highest BCUT2D eigenvalue weighted by Crippen LogP contribution is 3.04. The maximum absolute atomic E-state index is 13.3. The van der Waals surface area contributed by atoms with Crippen molar-refractivity contribution in [2.75, 3.05) is 0 Å². The van der Waals surface area contributed by atoms with E-state index in [-0.39, 0.29) is 34.3 Å². The van der Waals surface area contributed by atoms with Crippen LogP contribution in [0, 0.1) is 34.5 Å². The van der Waals surface area contributed by atoms with Crippen molar-refractivity contribution < 1.29 is 0 Å². The molecule has 2 spiro atoms. The van der Waals surface area contributed by atoms with E-state index in [1.807, 2.05) is 39.7 Å². The van der Waals surface area contributed by atoms with Gasteiger partial charge < -0.3 is 0 Å². The van der Waals surface area contributed by atoms with E-state index in [1.54, 1.807) is 0 Å². The molecule has 5 nitrogen and oxygen atoms in total. The minimum atomic E-state index is -0.125. The smallest absolute Gasteiger partial charge is 0.245 e. The molecule has 2 aliphatic heterocycles. The van der Waals surface area contributed by atoms with Gasteiger partial charge in [-0.2, -0.15) is 0 Å². The summed E-state index contributed by atoms with van der Waals surface area (Å²) < 4.78 is 5.19. The average molecular weight is 331 g/mol. The van der Waals surface area contributed by atoms with Gasteiger partial charge in [0.05, 0.1) is 17.8 Å². The predicted molar refractivity (Wildman–Crippen MR) is 89.6 cm³/mol. The predicted octanol–water partition coefficient (Wildman–Crippen LogP) is 1.74. The summed E-state index contributed by atoms with van der Waals surface area (Å²) >= 11 is 0. The highest BCUT2D eigenvalue weighted by molar-refractivity contribution is 5.51. The maximum Gasteiger partial charge on any atom is 0.352 e. The molecule has 4 saturated carbocycles. The molecular weight excluding hydrogens is 314 g/mol. The first-order chi connectivity index (χ1) is 12.2. The second-order valence-corrected chi connectivity index (χ2v) is 8.99. The normalized spacial score (nSPS) is 50.6. The Labute approximate surface area is 143 Å². The van der Waals surface area contributed by atoms with Crippen molar-refractivity contribution in [2.24, 2.45) is 34.5 Å². The molecule has 0 saturated heterocycles. The van der Waals surface area contributed by atoms with Crippen molar-refractivity contribution in [1.82, 2.24) is 13.9 Å². The summed E-state index contributed by atoms with van der Waals surface area (Å²) in [4.78, 5) is 26.6. The Hall–Kier alpha value is -2.30. The average Bonchev–Trinajstić information content (AvgIpc) is 3.41. The SMILES string of the molecule is O=c1n(-c2ccccc2)c(=O)n2n1C1C3C4C3C3C15CC=CCC35C42. The summed E-state index contributed by atoms with van der Waals surface area (Å²) in [6.07, 6.45) is 6.88. The number of para-hydroxylation sites is 1. The third-order valence-corrected chi connectivity index (χ3v) is 8.88. The lowest BCUT2D eigenvalue weighted by Crippen LogP contribution is -2.53. The first kappa shape index (κ1) is 12.1. The van der Waals surface area contributed by atoms with Gasteiger partial charge in [0.15, 0.2) is 0 Å². The molecule has 124 valence electrons. The van der Waals surface area contributed by atoms with Crippen LogP contribution in [0.15, 0.2) is 52.1 Å². The molecule has 6 unspecified atom stereocenters. The standard InChI is InChI=1S/C20H17N3O2/c24-17-21(10-6-2-1-3-7-10)18(25)23-16-13-11-12(13)15(22(17)23)19-8-4-5-9-20(16,19)14(11)19/h1-7,11-16H,8-9H2. The zero-order chi connectivity index (χ0) is 16.3. The van der Waals surface area contributed by atoms with Crippen LogP contribution in [0.25, 0.3) is 5.69 Å². The molecule has 9 rings (SSSR count). The summed E-state index contributed by atoms with van der Waals surface area (Å²) in [5.74, 6) is 2.86. The van der Waals surface area contributed by atoms with Gasteiger partial charge in [0, 0.05) is 10.8 Å². The number of aromatic nitrogens is 3. The van der Waals surface area contributed by atoms with E-state index >= 15 is 0 Å². The van der Waals surface area contributed by atoms with E-state index in [1.165, 1.54) is 4.57 Å². The first-order valence-electron chi connectivity index (χ1n) is 9.42. The highest BCUT2D eigenvalue weighted by atomic mass is 16.2. The van der Waals surface area contributed by atoms with Gasteiger partial charge in [0.25, 0.3) is 0 Å². The molecule has 1 aromatic carbocycles. The molecule has 2 aromatic rings. The molecule has 1 aromatic heterocycles. The molecular formula is C20H17N3O2. The van der Waals surface area contributed by atoms with Crippen molar-refractivity contribution in [3.05, 3.63) is 63.5 Å². The van der Waals surface area contributed by atoms with Gasteiger partial charge >= 0.3 is 11.4 Å². The molecule has 5 aliphatic carbocycles. The molecule has 25 heavy (non-hydrogen) atoms. The summed E-state index contributed by atoms with van der Waals surface area (Å²) in [5, 5.41) is 0.